The van der Waals surface area contributed by atoms with E-state index in [4.69, 9.17) is 9.84 Å². The number of halogens is 1. The number of carboxylic acids is 1. The van der Waals surface area contributed by atoms with Gasteiger partial charge >= 0.3 is 12.1 Å². The number of aliphatic carboxylic acids is 1. The van der Waals surface area contributed by atoms with E-state index < -0.39 is 12.1 Å². The summed E-state index contributed by atoms with van der Waals surface area (Å²) < 4.78 is 7.50. The minimum absolute atomic E-state index is 0.0234. The van der Waals surface area contributed by atoms with Gasteiger partial charge in [0.25, 0.3) is 0 Å². The molecule has 0 saturated heterocycles. The fourth-order valence-corrected chi connectivity index (χ4v) is 3.95. The maximum Gasteiger partial charge on any atom is 0.412 e. The summed E-state index contributed by atoms with van der Waals surface area (Å²) in [6, 6.07) is 16.2. The van der Waals surface area contributed by atoms with E-state index >= 15 is 0 Å². The summed E-state index contributed by atoms with van der Waals surface area (Å²) in [6.45, 7) is 0.414. The van der Waals surface area contributed by atoms with Crippen molar-refractivity contribution in [1.82, 2.24) is 9.78 Å². The zero-order chi connectivity index (χ0) is 20.4. The van der Waals surface area contributed by atoms with Gasteiger partial charge in [-0.2, -0.15) is 5.10 Å². The summed E-state index contributed by atoms with van der Waals surface area (Å²) in [7, 11) is 0. The first kappa shape index (κ1) is 19.2. The average molecular weight is 456 g/mol. The molecule has 0 fully saturated rings. The number of aromatic nitrogens is 2. The Morgan fingerprint density at radius 3 is 2.34 bits per heavy atom. The molecule has 148 valence electrons. The van der Waals surface area contributed by atoms with Crippen LogP contribution in [-0.4, -0.2) is 33.6 Å². The van der Waals surface area contributed by atoms with Gasteiger partial charge in [-0.1, -0.05) is 48.5 Å². The molecule has 0 spiro atoms. The molecule has 0 atom stereocenters. The van der Waals surface area contributed by atoms with Gasteiger partial charge in [0, 0.05) is 12.1 Å². The standard InChI is InChI=1S/C21H18BrN3O4/c22-18-11-25(10-9-19(26)27)24-20(18)23-21(28)29-12-17-15-7-3-1-5-13(15)14-6-2-4-8-16(14)17/h1-8,11,17H,9-10,12H2,(H,26,27)(H,23,24,28). The Balaban J connectivity index is 1.42. The minimum Gasteiger partial charge on any atom is -0.481 e. The molecule has 2 aromatic carbocycles. The van der Waals surface area contributed by atoms with Crippen molar-refractivity contribution in [3.63, 3.8) is 0 Å². The molecule has 1 heterocycles. The van der Waals surface area contributed by atoms with Crippen LogP contribution in [0.25, 0.3) is 11.1 Å². The van der Waals surface area contributed by atoms with Gasteiger partial charge in [-0.3, -0.25) is 14.8 Å². The van der Waals surface area contributed by atoms with E-state index in [1.54, 1.807) is 6.20 Å². The maximum absolute atomic E-state index is 12.3. The van der Waals surface area contributed by atoms with Crippen LogP contribution in [0.4, 0.5) is 10.6 Å². The van der Waals surface area contributed by atoms with Crippen LogP contribution in [0.15, 0.2) is 59.2 Å². The number of carboxylic acid groups (broad SMARTS) is 1. The molecule has 8 heteroatoms. The van der Waals surface area contributed by atoms with Gasteiger partial charge < -0.3 is 9.84 Å². The first-order chi connectivity index (χ1) is 14.0. The lowest BCUT2D eigenvalue weighted by Crippen LogP contribution is -2.18. The summed E-state index contributed by atoms with van der Waals surface area (Å²) >= 11 is 3.31. The number of anilines is 1. The Morgan fingerprint density at radius 1 is 1.10 bits per heavy atom. The molecule has 0 aliphatic heterocycles. The van der Waals surface area contributed by atoms with E-state index in [0.717, 1.165) is 22.3 Å². The average Bonchev–Trinajstić information content (AvgIpc) is 3.22. The van der Waals surface area contributed by atoms with E-state index in [9.17, 15) is 9.59 Å². The van der Waals surface area contributed by atoms with Gasteiger partial charge in [0.2, 0.25) is 0 Å². The summed E-state index contributed by atoms with van der Waals surface area (Å²) in [5.41, 5.74) is 4.61. The lowest BCUT2D eigenvalue weighted by atomic mass is 9.98. The van der Waals surface area contributed by atoms with Crippen molar-refractivity contribution in [1.29, 1.82) is 0 Å². The van der Waals surface area contributed by atoms with E-state index in [1.807, 2.05) is 24.3 Å². The van der Waals surface area contributed by atoms with Crippen LogP contribution in [0.2, 0.25) is 0 Å². The number of benzene rings is 2. The van der Waals surface area contributed by atoms with Gasteiger partial charge in [0.1, 0.15) is 6.61 Å². The van der Waals surface area contributed by atoms with Gasteiger partial charge in [0.15, 0.2) is 5.82 Å². The van der Waals surface area contributed by atoms with Crippen molar-refractivity contribution in [2.24, 2.45) is 0 Å². The molecular formula is C21H18BrN3O4. The predicted octanol–water partition coefficient (Wildman–Crippen LogP) is 4.48. The third-order valence-corrected chi connectivity index (χ3v) is 5.42. The second kappa shape index (κ2) is 8.08. The third-order valence-electron chi connectivity index (χ3n) is 4.84. The maximum atomic E-state index is 12.3. The molecule has 4 rings (SSSR count). The van der Waals surface area contributed by atoms with E-state index in [2.05, 4.69) is 50.6 Å². The minimum atomic E-state index is -0.914. The lowest BCUT2D eigenvalue weighted by Gasteiger charge is -2.14. The topological polar surface area (TPSA) is 93.5 Å². The summed E-state index contributed by atoms with van der Waals surface area (Å²) in [5.74, 6) is -0.653. The Morgan fingerprint density at radius 2 is 1.72 bits per heavy atom. The smallest absolute Gasteiger partial charge is 0.412 e. The molecule has 0 radical (unpaired) electrons. The highest BCUT2D eigenvalue weighted by atomic mass is 79.9. The van der Waals surface area contributed by atoms with E-state index in [1.165, 1.54) is 4.68 Å². The molecule has 1 amide bonds. The first-order valence-corrected chi connectivity index (χ1v) is 9.89. The number of amides is 1. The molecule has 29 heavy (non-hydrogen) atoms. The second-order valence-corrected chi connectivity index (χ2v) is 7.54. The van der Waals surface area contributed by atoms with Crippen molar-refractivity contribution >= 4 is 33.8 Å². The number of hydrogen-bond acceptors (Lipinski definition) is 4. The van der Waals surface area contributed by atoms with Gasteiger partial charge in [-0.05, 0) is 38.2 Å². The second-order valence-electron chi connectivity index (χ2n) is 6.68. The van der Waals surface area contributed by atoms with Crippen LogP contribution in [-0.2, 0) is 16.1 Å². The largest absolute Gasteiger partial charge is 0.481 e. The van der Waals surface area contributed by atoms with Gasteiger partial charge in [-0.25, -0.2) is 4.79 Å². The van der Waals surface area contributed by atoms with Gasteiger partial charge in [-0.15, -0.1) is 0 Å². The molecule has 0 saturated carbocycles. The van der Waals surface area contributed by atoms with Crippen LogP contribution >= 0.6 is 15.9 Å². The Kier molecular flexibility index (Phi) is 5.35. The predicted molar refractivity (Wildman–Crippen MR) is 111 cm³/mol. The first-order valence-electron chi connectivity index (χ1n) is 9.09. The SMILES string of the molecule is O=C(O)CCn1cc(Br)c(NC(=O)OCC2c3ccccc3-c3ccccc32)n1. The van der Waals surface area contributed by atoms with Gasteiger partial charge in [0.05, 0.1) is 17.4 Å². The van der Waals surface area contributed by atoms with Crippen LogP contribution < -0.4 is 5.32 Å². The molecule has 3 aromatic rings. The number of fused-ring (bicyclic) bond motifs is 3. The Hall–Kier alpha value is -3.13. The van der Waals surface area contributed by atoms with E-state index in [0.29, 0.717) is 4.47 Å². The Bertz CT molecular complexity index is 1030. The van der Waals surface area contributed by atoms with Crippen LogP contribution in [0.5, 0.6) is 0 Å². The third kappa shape index (κ3) is 4.02. The molecule has 7 nitrogen and oxygen atoms in total. The molecule has 1 aliphatic rings. The van der Waals surface area contributed by atoms with Crippen molar-refractivity contribution in [2.75, 3.05) is 11.9 Å². The summed E-state index contributed by atoms with van der Waals surface area (Å²) in [6.07, 6.45) is 0.941. The molecular weight excluding hydrogens is 438 g/mol. The van der Waals surface area contributed by atoms with Crippen molar-refractivity contribution in [3.8, 4) is 11.1 Å². The molecule has 0 unspecified atom stereocenters. The number of carbonyl (C=O) groups is 2. The number of rotatable bonds is 6. The zero-order valence-electron chi connectivity index (χ0n) is 15.3. The van der Waals surface area contributed by atoms with Crippen LogP contribution in [0.1, 0.15) is 23.5 Å². The lowest BCUT2D eigenvalue weighted by molar-refractivity contribution is -0.137. The number of ether oxygens (including phenoxy) is 1. The fourth-order valence-electron chi connectivity index (χ4n) is 3.54. The number of nitrogens with one attached hydrogen (secondary N) is 1. The molecule has 2 N–H and O–H groups in total. The number of nitrogens with zero attached hydrogens (tertiary/aromatic N) is 2. The quantitative estimate of drug-likeness (QED) is 0.571. The highest BCUT2D eigenvalue weighted by Gasteiger charge is 2.29. The molecule has 1 aromatic heterocycles. The monoisotopic (exact) mass is 455 g/mol. The summed E-state index contributed by atoms with van der Waals surface area (Å²) in [5, 5.41) is 15.5. The van der Waals surface area contributed by atoms with Crippen molar-refractivity contribution < 1.29 is 19.4 Å². The Labute approximate surface area is 175 Å². The van der Waals surface area contributed by atoms with Crippen molar-refractivity contribution in [2.45, 2.75) is 18.9 Å². The number of aryl methyl sites for hydroxylation is 1. The highest BCUT2D eigenvalue weighted by molar-refractivity contribution is 9.10. The van der Waals surface area contributed by atoms with Crippen LogP contribution in [0, 0.1) is 0 Å². The molecule has 0 bridgehead atoms. The van der Waals surface area contributed by atoms with Crippen LogP contribution in [0.3, 0.4) is 0 Å². The summed E-state index contributed by atoms with van der Waals surface area (Å²) in [4.78, 5) is 23.0. The highest BCUT2D eigenvalue weighted by Crippen LogP contribution is 2.44. The fraction of sp³-hybridized carbons (Fsp3) is 0.190. The number of hydrogen-bond donors (Lipinski definition) is 2. The van der Waals surface area contributed by atoms with Crippen molar-refractivity contribution in [3.05, 3.63) is 70.3 Å². The van der Waals surface area contributed by atoms with E-state index in [-0.39, 0.29) is 31.3 Å². The molecule has 1 aliphatic carbocycles. The number of carbonyl (C=O) groups excluding carboxylic acids is 1. The zero-order valence-corrected chi connectivity index (χ0v) is 16.9. The normalized spacial score (nSPS) is 12.3.